The second-order valence-corrected chi connectivity index (χ2v) is 8.58. The van der Waals surface area contributed by atoms with Crippen molar-refractivity contribution in [1.82, 2.24) is 30.4 Å². The highest BCUT2D eigenvalue weighted by molar-refractivity contribution is 5.89. The van der Waals surface area contributed by atoms with E-state index in [1.165, 1.54) is 11.1 Å². The molecule has 0 bridgehead atoms. The van der Waals surface area contributed by atoms with Gasteiger partial charge in [0, 0.05) is 51.3 Å². The largest absolute Gasteiger partial charge is 0.353 e. The van der Waals surface area contributed by atoms with E-state index < -0.39 is 0 Å². The molecule has 1 aliphatic rings. The van der Waals surface area contributed by atoms with Gasteiger partial charge in [0.25, 0.3) is 5.91 Å². The number of hydrazine groups is 1. The fraction of sp³-hybridized carbons (Fsp3) is 0.400. The first kappa shape index (κ1) is 23.7. The van der Waals surface area contributed by atoms with Gasteiger partial charge in [-0.15, -0.1) is 0 Å². The van der Waals surface area contributed by atoms with Crippen LogP contribution in [0.1, 0.15) is 18.1 Å². The summed E-state index contributed by atoms with van der Waals surface area (Å²) < 4.78 is 1.81. The molecule has 4 rings (SSSR count). The van der Waals surface area contributed by atoms with Crippen LogP contribution in [-0.2, 0) is 29.7 Å². The summed E-state index contributed by atoms with van der Waals surface area (Å²) in [5.41, 5.74) is 4.29. The average molecular weight is 464 g/mol. The number of amides is 2. The fourth-order valence-electron chi connectivity index (χ4n) is 4.23. The lowest BCUT2D eigenvalue weighted by atomic mass is 10.1. The van der Waals surface area contributed by atoms with Crippen LogP contribution in [0.15, 0.2) is 48.7 Å². The summed E-state index contributed by atoms with van der Waals surface area (Å²) in [6.07, 6.45) is 1.79. The zero-order valence-electron chi connectivity index (χ0n) is 20.1. The normalized spacial score (nSPS) is 13.1. The van der Waals surface area contributed by atoms with Crippen molar-refractivity contribution >= 4 is 28.4 Å². The van der Waals surface area contributed by atoms with Crippen molar-refractivity contribution in [2.24, 2.45) is 7.05 Å². The Balaban J connectivity index is 1.47. The molecule has 9 nitrogen and oxygen atoms in total. The molecule has 9 heteroatoms. The molecule has 2 heterocycles. The van der Waals surface area contributed by atoms with Crippen LogP contribution < -0.4 is 15.5 Å². The van der Waals surface area contributed by atoms with Gasteiger partial charge >= 0.3 is 0 Å². The first-order valence-electron chi connectivity index (χ1n) is 11.7. The van der Waals surface area contributed by atoms with E-state index in [2.05, 4.69) is 27.9 Å². The SMILES string of the molecule is CCNCCNC(=O)CN(CC(=O)N(C)N1Cc2ccccc2C1)c1ccc2c(cnn2C)c1. The molecule has 0 spiro atoms. The van der Waals surface area contributed by atoms with Crippen LogP contribution in [0.25, 0.3) is 10.9 Å². The highest BCUT2D eigenvalue weighted by Gasteiger charge is 2.26. The summed E-state index contributed by atoms with van der Waals surface area (Å²) in [5.74, 6) is -0.187. The topological polar surface area (TPSA) is 85.7 Å². The maximum absolute atomic E-state index is 13.3. The van der Waals surface area contributed by atoms with Gasteiger partial charge in [-0.25, -0.2) is 5.01 Å². The van der Waals surface area contributed by atoms with Crippen molar-refractivity contribution in [3.8, 4) is 0 Å². The lowest BCUT2D eigenvalue weighted by Crippen LogP contribution is -2.48. The predicted octanol–water partition coefficient (Wildman–Crippen LogP) is 1.49. The van der Waals surface area contributed by atoms with Crippen LogP contribution in [0.5, 0.6) is 0 Å². The number of anilines is 1. The Kier molecular flexibility index (Phi) is 7.44. The summed E-state index contributed by atoms with van der Waals surface area (Å²) in [6.45, 7) is 5.72. The number of carbonyl (C=O) groups is 2. The van der Waals surface area contributed by atoms with Gasteiger partial charge in [0.15, 0.2) is 0 Å². The van der Waals surface area contributed by atoms with Gasteiger partial charge in [0.2, 0.25) is 5.91 Å². The lowest BCUT2D eigenvalue weighted by molar-refractivity contribution is -0.145. The molecule has 1 aromatic heterocycles. The van der Waals surface area contributed by atoms with Crippen molar-refractivity contribution in [3.63, 3.8) is 0 Å². The van der Waals surface area contributed by atoms with Gasteiger partial charge < -0.3 is 15.5 Å². The van der Waals surface area contributed by atoms with E-state index in [9.17, 15) is 9.59 Å². The molecule has 34 heavy (non-hydrogen) atoms. The monoisotopic (exact) mass is 463 g/mol. The van der Waals surface area contributed by atoms with Crippen LogP contribution in [0.4, 0.5) is 5.69 Å². The first-order chi connectivity index (χ1) is 16.5. The number of benzene rings is 2. The molecule has 0 radical (unpaired) electrons. The van der Waals surface area contributed by atoms with Crippen LogP contribution in [-0.4, -0.2) is 71.4 Å². The van der Waals surface area contributed by atoms with E-state index in [0.29, 0.717) is 26.2 Å². The van der Waals surface area contributed by atoms with Gasteiger partial charge in [0.05, 0.1) is 24.8 Å². The van der Waals surface area contributed by atoms with Crippen molar-refractivity contribution in [3.05, 3.63) is 59.8 Å². The third kappa shape index (κ3) is 5.37. The molecule has 1 aliphatic heterocycles. The minimum atomic E-state index is -0.117. The smallest absolute Gasteiger partial charge is 0.256 e. The maximum atomic E-state index is 13.3. The first-order valence-corrected chi connectivity index (χ1v) is 11.7. The molecule has 0 saturated heterocycles. The molecule has 0 fully saturated rings. The van der Waals surface area contributed by atoms with Gasteiger partial charge in [-0.2, -0.15) is 5.10 Å². The summed E-state index contributed by atoms with van der Waals surface area (Å²) >= 11 is 0. The summed E-state index contributed by atoms with van der Waals surface area (Å²) in [6, 6.07) is 14.1. The van der Waals surface area contributed by atoms with Crippen LogP contribution >= 0.6 is 0 Å². The second-order valence-electron chi connectivity index (χ2n) is 8.58. The fourth-order valence-corrected chi connectivity index (χ4v) is 4.23. The number of aryl methyl sites for hydroxylation is 1. The van der Waals surface area contributed by atoms with E-state index in [0.717, 1.165) is 23.1 Å². The molecule has 0 atom stereocenters. The Labute approximate surface area is 200 Å². The van der Waals surface area contributed by atoms with Crippen molar-refractivity contribution < 1.29 is 9.59 Å². The second kappa shape index (κ2) is 10.7. The van der Waals surface area contributed by atoms with Gasteiger partial charge in [-0.05, 0) is 35.9 Å². The summed E-state index contributed by atoms with van der Waals surface area (Å²) in [7, 11) is 3.69. The number of fused-ring (bicyclic) bond motifs is 2. The Bertz CT molecular complexity index is 1130. The molecule has 0 unspecified atom stereocenters. The zero-order chi connectivity index (χ0) is 24.1. The minimum absolute atomic E-state index is 0.0699. The summed E-state index contributed by atoms with van der Waals surface area (Å²) in [4.78, 5) is 27.8. The van der Waals surface area contributed by atoms with Crippen molar-refractivity contribution in [2.75, 3.05) is 44.7 Å². The molecule has 2 amide bonds. The quantitative estimate of drug-likeness (QED) is 0.443. The van der Waals surface area contributed by atoms with Crippen molar-refractivity contribution in [2.45, 2.75) is 20.0 Å². The standard InChI is InChI=1S/C25H33N7O2/c1-4-26-11-12-27-24(33)17-31(22-9-10-23-21(13-22)14-28-29(23)2)18-25(34)30(3)32-15-19-7-5-6-8-20(19)16-32/h5-10,13-14,26H,4,11-12,15-18H2,1-3H3,(H,27,33). The van der Waals surface area contributed by atoms with E-state index in [4.69, 9.17) is 0 Å². The number of nitrogens with zero attached hydrogens (tertiary/aromatic N) is 5. The van der Waals surface area contributed by atoms with E-state index in [1.54, 1.807) is 22.9 Å². The molecule has 2 N–H and O–H groups in total. The van der Waals surface area contributed by atoms with E-state index >= 15 is 0 Å². The van der Waals surface area contributed by atoms with Gasteiger partial charge in [-0.1, -0.05) is 31.2 Å². The summed E-state index contributed by atoms with van der Waals surface area (Å²) in [5, 5.41) is 15.1. The number of likely N-dealkylation sites (N-methyl/N-ethyl adjacent to an activating group) is 2. The maximum Gasteiger partial charge on any atom is 0.256 e. The average Bonchev–Trinajstić information content (AvgIpc) is 3.44. The van der Waals surface area contributed by atoms with E-state index in [1.807, 2.05) is 54.2 Å². The Hall–Kier alpha value is -3.43. The van der Waals surface area contributed by atoms with Crippen LogP contribution in [0.2, 0.25) is 0 Å². The van der Waals surface area contributed by atoms with Gasteiger partial charge in [0.1, 0.15) is 0 Å². The number of carbonyl (C=O) groups excluding carboxylic acids is 2. The Morgan fingerprint density at radius 1 is 1.06 bits per heavy atom. The molecule has 0 aliphatic carbocycles. The number of nitrogens with one attached hydrogen (secondary N) is 2. The highest BCUT2D eigenvalue weighted by atomic mass is 16.2. The molecule has 180 valence electrons. The van der Waals surface area contributed by atoms with Crippen LogP contribution in [0.3, 0.4) is 0 Å². The number of rotatable bonds is 10. The third-order valence-corrected chi connectivity index (χ3v) is 6.24. The predicted molar refractivity (Wildman–Crippen MR) is 133 cm³/mol. The third-order valence-electron chi connectivity index (χ3n) is 6.24. The Morgan fingerprint density at radius 3 is 2.50 bits per heavy atom. The highest BCUT2D eigenvalue weighted by Crippen LogP contribution is 2.25. The number of aromatic nitrogens is 2. The molecule has 0 saturated carbocycles. The van der Waals surface area contributed by atoms with Gasteiger partial charge in [-0.3, -0.25) is 19.3 Å². The molecular formula is C25H33N7O2. The molecular weight excluding hydrogens is 430 g/mol. The zero-order valence-corrected chi connectivity index (χ0v) is 20.1. The molecule has 2 aromatic carbocycles. The van der Waals surface area contributed by atoms with Crippen molar-refractivity contribution in [1.29, 1.82) is 0 Å². The minimum Gasteiger partial charge on any atom is -0.353 e. The Morgan fingerprint density at radius 2 is 1.79 bits per heavy atom. The number of hydrogen-bond donors (Lipinski definition) is 2. The number of hydrogen-bond acceptors (Lipinski definition) is 6. The lowest BCUT2D eigenvalue weighted by Gasteiger charge is -2.31. The molecule has 3 aromatic rings. The van der Waals surface area contributed by atoms with E-state index in [-0.39, 0.29) is 24.9 Å². The van der Waals surface area contributed by atoms with Crippen LogP contribution in [0, 0.1) is 0 Å².